The van der Waals surface area contributed by atoms with Crippen LogP contribution in [0.1, 0.15) is 41.6 Å². The maximum Gasteiger partial charge on any atom is 0.329 e. The van der Waals surface area contributed by atoms with E-state index < -0.39 is 23.9 Å². The molecule has 0 unspecified atom stereocenters. The number of aliphatic carboxylic acids is 2. The van der Waals surface area contributed by atoms with Crippen LogP contribution in [0.5, 0.6) is 5.75 Å². The average Bonchev–Trinajstić information content (AvgIpc) is 2.94. The van der Waals surface area contributed by atoms with Gasteiger partial charge in [0.15, 0.2) is 0 Å². The highest BCUT2D eigenvalue weighted by molar-refractivity contribution is 5.98. The average molecular weight is 555 g/mol. The highest BCUT2D eigenvalue weighted by Crippen LogP contribution is 2.18. The Bertz CT molecular complexity index is 1180. The molecule has 0 bridgehead atoms. The Balaban J connectivity index is 1.61. The van der Waals surface area contributed by atoms with E-state index in [2.05, 4.69) is 15.6 Å². The molecule has 1 fully saturated rings. The minimum absolute atomic E-state index is 0.0698. The van der Waals surface area contributed by atoms with Crippen LogP contribution in [-0.4, -0.2) is 88.7 Å². The Morgan fingerprint density at radius 2 is 1.68 bits per heavy atom. The second kappa shape index (κ2) is 15.2. The molecule has 1 aliphatic rings. The first-order chi connectivity index (χ1) is 19.2. The number of carbonyl (C=O) groups is 4. The Hall–Kier alpha value is -4.45. The van der Waals surface area contributed by atoms with Gasteiger partial charge in [-0.3, -0.25) is 14.4 Å². The lowest BCUT2D eigenvalue weighted by atomic mass is 10.0. The number of hydrogen-bond donors (Lipinski definition) is 5. The minimum atomic E-state index is -1.04. The van der Waals surface area contributed by atoms with E-state index in [9.17, 15) is 24.3 Å². The van der Waals surface area contributed by atoms with Crippen molar-refractivity contribution >= 4 is 35.8 Å². The number of rotatable bonds is 14. The normalized spacial score (nSPS) is 14.6. The van der Waals surface area contributed by atoms with Crippen LogP contribution < -0.4 is 10.6 Å². The van der Waals surface area contributed by atoms with Crippen LogP contribution in [0.25, 0.3) is 0 Å². The van der Waals surface area contributed by atoms with Gasteiger partial charge in [-0.25, -0.2) is 9.79 Å². The van der Waals surface area contributed by atoms with Crippen LogP contribution in [0.15, 0.2) is 53.5 Å². The molecule has 40 heavy (non-hydrogen) atoms. The number of nitrogens with zero attached hydrogens (tertiary/aromatic N) is 2. The highest BCUT2D eigenvalue weighted by atomic mass is 16.5. The van der Waals surface area contributed by atoms with E-state index in [0.717, 1.165) is 5.56 Å². The van der Waals surface area contributed by atoms with Gasteiger partial charge in [-0.05, 0) is 61.2 Å². The molecule has 2 amide bonds. The number of nitrogens with one attached hydrogen (secondary N) is 2. The quantitative estimate of drug-likeness (QED) is 0.133. The van der Waals surface area contributed by atoms with Gasteiger partial charge in [0.2, 0.25) is 5.91 Å². The van der Waals surface area contributed by atoms with Crippen molar-refractivity contribution in [3.63, 3.8) is 0 Å². The molecule has 1 saturated heterocycles. The van der Waals surface area contributed by atoms with Crippen molar-refractivity contribution in [3.05, 3.63) is 59.7 Å². The first-order valence-corrected chi connectivity index (χ1v) is 13.0. The molecule has 0 spiro atoms. The van der Waals surface area contributed by atoms with Crippen molar-refractivity contribution in [1.29, 1.82) is 0 Å². The number of phenols is 1. The van der Waals surface area contributed by atoms with E-state index in [1.54, 1.807) is 41.3 Å². The van der Waals surface area contributed by atoms with Crippen molar-refractivity contribution in [1.82, 2.24) is 15.5 Å². The number of benzene rings is 2. The largest absolute Gasteiger partial charge is 0.508 e. The summed E-state index contributed by atoms with van der Waals surface area (Å²) in [7, 11) is 0. The fraction of sp³-hybridized carbons (Fsp3) is 0.393. The number of carboxylic acid groups (broad SMARTS) is 2. The third-order valence-electron chi connectivity index (χ3n) is 6.32. The summed E-state index contributed by atoms with van der Waals surface area (Å²) in [6.07, 6.45) is 2.98. The first kappa shape index (κ1) is 30.1. The number of carboxylic acids is 2. The Morgan fingerprint density at radius 1 is 1.00 bits per heavy atom. The monoisotopic (exact) mass is 554 g/mol. The molecule has 12 nitrogen and oxygen atoms in total. The number of aliphatic imine (C=N–C) groups is 1. The summed E-state index contributed by atoms with van der Waals surface area (Å²) in [5.74, 6) is -2.49. The molecule has 2 aromatic carbocycles. The summed E-state index contributed by atoms with van der Waals surface area (Å²) >= 11 is 0. The lowest BCUT2D eigenvalue weighted by molar-refractivity contribution is -0.147. The molecule has 12 heteroatoms. The van der Waals surface area contributed by atoms with Crippen LogP contribution in [0.3, 0.4) is 0 Å². The zero-order valence-corrected chi connectivity index (χ0v) is 22.0. The molecule has 0 radical (unpaired) electrons. The van der Waals surface area contributed by atoms with Crippen LogP contribution in [0.4, 0.5) is 5.69 Å². The van der Waals surface area contributed by atoms with E-state index in [-0.39, 0.29) is 37.2 Å². The van der Waals surface area contributed by atoms with E-state index in [1.807, 2.05) is 0 Å². The van der Waals surface area contributed by atoms with E-state index >= 15 is 0 Å². The zero-order valence-electron chi connectivity index (χ0n) is 22.0. The van der Waals surface area contributed by atoms with Crippen molar-refractivity contribution in [3.8, 4) is 5.75 Å². The van der Waals surface area contributed by atoms with Gasteiger partial charge in [-0.2, -0.15) is 0 Å². The highest BCUT2D eigenvalue weighted by Gasteiger charge is 2.30. The van der Waals surface area contributed by atoms with Crippen LogP contribution in [-0.2, 0) is 25.5 Å². The van der Waals surface area contributed by atoms with Gasteiger partial charge in [0.1, 0.15) is 18.4 Å². The van der Waals surface area contributed by atoms with Crippen LogP contribution in [0.2, 0.25) is 0 Å². The summed E-state index contributed by atoms with van der Waals surface area (Å²) in [6, 6.07) is 12.1. The topological polar surface area (TPSA) is 178 Å². The predicted molar refractivity (Wildman–Crippen MR) is 146 cm³/mol. The van der Waals surface area contributed by atoms with Crippen molar-refractivity contribution in [2.75, 3.05) is 26.2 Å². The molecular weight excluding hydrogens is 520 g/mol. The zero-order chi connectivity index (χ0) is 28.9. The predicted octanol–water partition coefficient (Wildman–Crippen LogP) is 1.94. The fourth-order valence-corrected chi connectivity index (χ4v) is 4.19. The molecule has 0 aliphatic carbocycles. The number of aromatic hydroxyl groups is 1. The Labute approximate surface area is 231 Å². The van der Waals surface area contributed by atoms with Gasteiger partial charge in [0, 0.05) is 38.0 Å². The van der Waals surface area contributed by atoms with Gasteiger partial charge in [-0.15, -0.1) is 0 Å². The van der Waals surface area contributed by atoms with Crippen LogP contribution >= 0.6 is 0 Å². The summed E-state index contributed by atoms with van der Waals surface area (Å²) < 4.78 is 5.36. The van der Waals surface area contributed by atoms with Gasteiger partial charge in [0.05, 0.1) is 18.1 Å². The van der Waals surface area contributed by atoms with Gasteiger partial charge >= 0.3 is 11.9 Å². The molecule has 3 rings (SSSR count). The van der Waals surface area contributed by atoms with E-state index in [0.29, 0.717) is 50.1 Å². The molecule has 1 atom stereocenters. The second-order valence-electron chi connectivity index (χ2n) is 9.38. The van der Waals surface area contributed by atoms with Gasteiger partial charge in [-0.1, -0.05) is 12.1 Å². The van der Waals surface area contributed by atoms with E-state index in [4.69, 9.17) is 14.9 Å². The second-order valence-corrected chi connectivity index (χ2v) is 9.38. The number of phenolic OH excluding ortho intramolecular Hbond substituents is 1. The molecule has 1 heterocycles. The van der Waals surface area contributed by atoms with Crippen LogP contribution in [0, 0.1) is 0 Å². The smallest absolute Gasteiger partial charge is 0.329 e. The Kier molecular flexibility index (Phi) is 11.5. The van der Waals surface area contributed by atoms with Gasteiger partial charge in [0.25, 0.3) is 5.91 Å². The molecular formula is C28H34N4O8. The summed E-state index contributed by atoms with van der Waals surface area (Å²) in [6.45, 7) is 0.843. The molecule has 1 aliphatic heterocycles. The molecule has 2 aromatic rings. The molecule has 214 valence electrons. The maximum absolute atomic E-state index is 13.5. The van der Waals surface area contributed by atoms with E-state index in [1.165, 1.54) is 18.5 Å². The minimum Gasteiger partial charge on any atom is -0.508 e. The summed E-state index contributed by atoms with van der Waals surface area (Å²) in [5, 5.41) is 32.8. The van der Waals surface area contributed by atoms with Crippen molar-refractivity contribution in [2.24, 2.45) is 4.99 Å². The number of amides is 2. The number of likely N-dealkylation sites (tertiary alicyclic amines) is 1. The summed E-state index contributed by atoms with van der Waals surface area (Å²) in [4.78, 5) is 53.7. The number of piperidine rings is 1. The van der Waals surface area contributed by atoms with Gasteiger partial charge < -0.3 is 35.6 Å². The third-order valence-corrected chi connectivity index (χ3v) is 6.32. The molecule has 0 aromatic heterocycles. The van der Waals surface area contributed by atoms with Crippen molar-refractivity contribution in [2.45, 2.75) is 44.2 Å². The number of hydrogen-bond acceptors (Lipinski definition) is 7. The first-order valence-electron chi connectivity index (χ1n) is 13.0. The summed E-state index contributed by atoms with van der Waals surface area (Å²) in [5.41, 5.74) is 1.70. The standard InChI is InChI=1S/C28H34N4O8/c33-22-9-3-19(4-10-22)16-24(28(39)32-14-11-23(12-15-32)40-17-26(36)37)31-27(38)20-5-7-21(8-6-20)30-18-29-13-1-2-25(34)35/h3-10,18,23-24,33H,1-2,11-17H2,(H,29,30)(H,31,38)(H,34,35)(H,36,37)/t24-/m0/s1. The maximum atomic E-state index is 13.5. The number of ether oxygens (including phenoxy) is 1. The lowest BCUT2D eigenvalue weighted by Crippen LogP contribution is -2.52. The lowest BCUT2D eigenvalue weighted by Gasteiger charge is -2.34. The fourth-order valence-electron chi connectivity index (χ4n) is 4.19. The number of carbonyl (C=O) groups excluding carboxylic acids is 2. The molecule has 5 N–H and O–H groups in total. The Morgan fingerprint density at radius 3 is 2.30 bits per heavy atom. The third kappa shape index (κ3) is 10.0. The van der Waals surface area contributed by atoms with Crippen molar-refractivity contribution < 1.29 is 39.2 Å². The SMILES string of the molecule is O=C(O)CCCNC=Nc1ccc(C(=O)N[C@@H](Cc2ccc(O)cc2)C(=O)N2CCC(OCC(=O)O)CC2)cc1. The molecule has 0 saturated carbocycles.